The molecular weight excluding hydrogens is 322 g/mol. The van der Waals surface area contributed by atoms with Gasteiger partial charge >= 0.3 is 0 Å². The van der Waals surface area contributed by atoms with Gasteiger partial charge in [-0.1, -0.05) is 44.0 Å². The van der Waals surface area contributed by atoms with Gasteiger partial charge in [0.1, 0.15) is 22.6 Å². The van der Waals surface area contributed by atoms with Gasteiger partial charge in [-0.25, -0.2) is 0 Å². The third kappa shape index (κ3) is 2.84. The highest BCUT2D eigenvalue weighted by atomic mass is 16.5. The minimum absolute atomic E-state index is 0.785. The fourth-order valence-corrected chi connectivity index (χ4v) is 3.63. The number of rotatable bonds is 6. The summed E-state index contributed by atoms with van der Waals surface area (Å²) in [5.74, 6) is 1.75. The number of fused-ring (bicyclic) bond motifs is 2. The Balaban J connectivity index is 1.94. The number of para-hydroxylation sites is 1. The Morgan fingerprint density at radius 2 is 1.81 bits per heavy atom. The second-order valence-corrected chi connectivity index (χ2v) is 6.58. The number of benzene rings is 2. The van der Waals surface area contributed by atoms with E-state index < -0.39 is 0 Å². The van der Waals surface area contributed by atoms with E-state index in [2.05, 4.69) is 36.2 Å². The van der Waals surface area contributed by atoms with Crippen molar-refractivity contribution in [2.45, 2.75) is 32.6 Å². The minimum Gasteiger partial charge on any atom is -0.494 e. The largest absolute Gasteiger partial charge is 0.494 e. The predicted octanol–water partition coefficient (Wildman–Crippen LogP) is 6.39. The fourth-order valence-electron chi connectivity index (χ4n) is 3.63. The summed E-state index contributed by atoms with van der Waals surface area (Å²) in [5, 5.41) is 2.27. The summed E-state index contributed by atoms with van der Waals surface area (Å²) in [6.45, 7) is 2.23. The SMILES string of the molecule is CCCCCc1c(-c2ccc(OC)c3ncccc23)oc2ccccc12. The van der Waals surface area contributed by atoms with E-state index in [1.54, 1.807) is 13.3 Å². The van der Waals surface area contributed by atoms with Crippen molar-refractivity contribution in [3.63, 3.8) is 0 Å². The van der Waals surface area contributed by atoms with Crippen LogP contribution in [-0.2, 0) is 6.42 Å². The van der Waals surface area contributed by atoms with E-state index >= 15 is 0 Å². The zero-order valence-electron chi connectivity index (χ0n) is 15.3. The van der Waals surface area contributed by atoms with Gasteiger partial charge in [-0.05, 0) is 37.1 Å². The van der Waals surface area contributed by atoms with Gasteiger partial charge in [0, 0.05) is 28.1 Å². The molecule has 0 aliphatic carbocycles. The van der Waals surface area contributed by atoms with Crippen LogP contribution < -0.4 is 4.74 Å². The maximum atomic E-state index is 6.33. The molecule has 2 aromatic carbocycles. The van der Waals surface area contributed by atoms with Crippen molar-refractivity contribution in [3.05, 3.63) is 60.3 Å². The van der Waals surface area contributed by atoms with Crippen LogP contribution in [0.5, 0.6) is 5.75 Å². The molecule has 0 spiro atoms. The number of pyridine rings is 1. The zero-order valence-corrected chi connectivity index (χ0v) is 15.3. The number of nitrogens with zero attached hydrogens (tertiary/aromatic N) is 1. The standard InChI is InChI=1S/C23H23NO2/c1-3-4-5-10-18-16-9-6-7-12-20(16)26-23(18)19-13-14-21(25-2)22-17(19)11-8-15-24-22/h6-9,11-15H,3-5,10H2,1-2H3. The van der Waals surface area contributed by atoms with Crippen LogP contribution in [0.2, 0.25) is 0 Å². The van der Waals surface area contributed by atoms with E-state index in [0.717, 1.165) is 40.0 Å². The normalized spacial score (nSPS) is 11.3. The lowest BCUT2D eigenvalue weighted by molar-refractivity contribution is 0.419. The van der Waals surface area contributed by atoms with Crippen molar-refractivity contribution in [1.82, 2.24) is 4.98 Å². The molecule has 0 amide bonds. The summed E-state index contributed by atoms with van der Waals surface area (Å²) in [4.78, 5) is 4.53. The van der Waals surface area contributed by atoms with Gasteiger partial charge < -0.3 is 9.15 Å². The molecule has 2 heterocycles. The first-order valence-corrected chi connectivity index (χ1v) is 9.26. The number of furan rings is 1. The number of ether oxygens (including phenoxy) is 1. The Morgan fingerprint density at radius 3 is 2.65 bits per heavy atom. The lowest BCUT2D eigenvalue weighted by Gasteiger charge is -2.10. The first-order valence-electron chi connectivity index (χ1n) is 9.26. The summed E-state index contributed by atoms with van der Waals surface area (Å²) in [6, 6.07) is 16.4. The monoisotopic (exact) mass is 345 g/mol. The number of hydrogen-bond donors (Lipinski definition) is 0. The number of unbranched alkanes of at least 4 members (excludes halogenated alkanes) is 2. The molecule has 0 aliphatic rings. The molecule has 132 valence electrons. The topological polar surface area (TPSA) is 35.3 Å². The lowest BCUT2D eigenvalue weighted by atomic mass is 9.97. The van der Waals surface area contributed by atoms with Gasteiger partial charge in [-0.15, -0.1) is 0 Å². The molecule has 3 heteroatoms. The Hall–Kier alpha value is -2.81. The Bertz CT molecular complexity index is 1050. The third-order valence-corrected chi connectivity index (χ3v) is 4.93. The average Bonchev–Trinajstić information content (AvgIpc) is 3.06. The van der Waals surface area contributed by atoms with Crippen LogP contribution in [0.3, 0.4) is 0 Å². The maximum Gasteiger partial charge on any atom is 0.145 e. The fraction of sp³-hybridized carbons (Fsp3) is 0.261. The lowest BCUT2D eigenvalue weighted by Crippen LogP contribution is -1.92. The smallest absolute Gasteiger partial charge is 0.145 e. The molecule has 0 atom stereocenters. The molecule has 0 aliphatic heterocycles. The van der Waals surface area contributed by atoms with Crippen LogP contribution >= 0.6 is 0 Å². The number of methoxy groups -OCH3 is 1. The second-order valence-electron chi connectivity index (χ2n) is 6.58. The van der Waals surface area contributed by atoms with Crippen LogP contribution in [0.4, 0.5) is 0 Å². The first kappa shape index (κ1) is 16.6. The van der Waals surface area contributed by atoms with Crippen molar-refractivity contribution < 1.29 is 9.15 Å². The summed E-state index contributed by atoms with van der Waals surface area (Å²) in [6.07, 6.45) is 6.42. The third-order valence-electron chi connectivity index (χ3n) is 4.93. The van der Waals surface area contributed by atoms with Gasteiger partial charge in [0.25, 0.3) is 0 Å². The predicted molar refractivity (Wildman–Crippen MR) is 107 cm³/mol. The summed E-state index contributed by atoms with van der Waals surface area (Å²) >= 11 is 0. The van der Waals surface area contributed by atoms with Crippen LogP contribution in [0.25, 0.3) is 33.2 Å². The molecule has 0 saturated heterocycles. The van der Waals surface area contributed by atoms with Gasteiger partial charge in [-0.3, -0.25) is 4.98 Å². The quantitative estimate of drug-likeness (QED) is 0.380. The van der Waals surface area contributed by atoms with E-state index in [1.807, 2.05) is 24.3 Å². The Morgan fingerprint density at radius 1 is 0.962 bits per heavy atom. The summed E-state index contributed by atoms with van der Waals surface area (Å²) in [5.41, 5.74) is 4.19. The van der Waals surface area contributed by atoms with Crippen LogP contribution in [0, 0.1) is 0 Å². The Kier molecular flexibility index (Phi) is 4.61. The molecular formula is C23H23NO2. The summed E-state index contributed by atoms with van der Waals surface area (Å²) < 4.78 is 11.8. The average molecular weight is 345 g/mol. The molecule has 4 aromatic rings. The van der Waals surface area contributed by atoms with Crippen molar-refractivity contribution in [2.75, 3.05) is 7.11 Å². The number of hydrogen-bond acceptors (Lipinski definition) is 3. The van der Waals surface area contributed by atoms with Gasteiger partial charge in [0.05, 0.1) is 7.11 Å². The molecule has 26 heavy (non-hydrogen) atoms. The highest BCUT2D eigenvalue weighted by molar-refractivity contribution is 6.00. The van der Waals surface area contributed by atoms with Crippen molar-refractivity contribution in [2.24, 2.45) is 0 Å². The number of aromatic nitrogens is 1. The zero-order chi connectivity index (χ0) is 17.9. The second kappa shape index (κ2) is 7.20. The molecule has 0 bridgehead atoms. The van der Waals surface area contributed by atoms with Crippen LogP contribution in [0.1, 0.15) is 31.7 Å². The minimum atomic E-state index is 0.785. The molecule has 3 nitrogen and oxygen atoms in total. The van der Waals surface area contributed by atoms with E-state index in [4.69, 9.17) is 9.15 Å². The molecule has 0 saturated carbocycles. The molecule has 0 N–H and O–H groups in total. The number of aryl methyl sites for hydroxylation is 1. The Labute approximate surface area is 153 Å². The van der Waals surface area contributed by atoms with Crippen molar-refractivity contribution in [1.29, 1.82) is 0 Å². The van der Waals surface area contributed by atoms with E-state index in [1.165, 1.54) is 30.2 Å². The highest BCUT2D eigenvalue weighted by Crippen LogP contribution is 2.39. The molecule has 0 unspecified atom stereocenters. The first-order chi connectivity index (χ1) is 12.8. The maximum absolute atomic E-state index is 6.33. The van der Waals surface area contributed by atoms with E-state index in [-0.39, 0.29) is 0 Å². The van der Waals surface area contributed by atoms with Crippen molar-refractivity contribution >= 4 is 21.9 Å². The van der Waals surface area contributed by atoms with E-state index in [0.29, 0.717) is 0 Å². The van der Waals surface area contributed by atoms with Crippen LogP contribution in [-0.4, -0.2) is 12.1 Å². The highest BCUT2D eigenvalue weighted by Gasteiger charge is 2.18. The van der Waals surface area contributed by atoms with E-state index in [9.17, 15) is 0 Å². The molecule has 0 radical (unpaired) electrons. The summed E-state index contributed by atoms with van der Waals surface area (Å²) in [7, 11) is 1.68. The molecule has 4 rings (SSSR count). The molecule has 0 fully saturated rings. The van der Waals surface area contributed by atoms with Gasteiger partial charge in [-0.2, -0.15) is 0 Å². The van der Waals surface area contributed by atoms with Crippen molar-refractivity contribution in [3.8, 4) is 17.1 Å². The van der Waals surface area contributed by atoms with Crippen LogP contribution in [0.15, 0.2) is 59.1 Å². The van der Waals surface area contributed by atoms with Gasteiger partial charge in [0.2, 0.25) is 0 Å². The molecule has 2 aromatic heterocycles. The van der Waals surface area contributed by atoms with Gasteiger partial charge in [0.15, 0.2) is 0 Å².